The highest BCUT2D eigenvalue weighted by Crippen LogP contribution is 2.40. The van der Waals surface area contributed by atoms with Gasteiger partial charge in [0.1, 0.15) is 5.76 Å². The van der Waals surface area contributed by atoms with Gasteiger partial charge in [0.05, 0.1) is 6.61 Å². The zero-order valence-electron chi connectivity index (χ0n) is 18.3. The van der Waals surface area contributed by atoms with Crippen molar-refractivity contribution < 1.29 is 14.1 Å². The molecular weight excluding hydrogens is 400 g/mol. The maximum Gasteiger partial charge on any atom is 0.273 e. The van der Waals surface area contributed by atoms with Crippen molar-refractivity contribution in [1.82, 2.24) is 19.7 Å². The predicted molar refractivity (Wildman–Crippen MR) is 119 cm³/mol. The lowest BCUT2D eigenvalue weighted by atomic mass is 9.99. The molecule has 1 amide bonds. The fourth-order valence-electron chi connectivity index (χ4n) is 4.49. The first-order valence-electron chi connectivity index (χ1n) is 11.5. The van der Waals surface area contributed by atoms with Crippen molar-refractivity contribution in [3.05, 3.63) is 17.5 Å². The number of carbonyl (C=O) groups excluding carboxylic acids is 1. The number of piperidine rings is 2. The molecule has 30 heavy (non-hydrogen) atoms. The van der Waals surface area contributed by atoms with E-state index in [0.717, 1.165) is 57.1 Å². The van der Waals surface area contributed by atoms with Crippen LogP contribution in [0.4, 0.5) is 0 Å². The smallest absolute Gasteiger partial charge is 0.273 e. The number of nitrogens with one attached hydrogen (secondary N) is 1. The van der Waals surface area contributed by atoms with Crippen molar-refractivity contribution in [2.45, 2.75) is 63.5 Å². The highest BCUT2D eigenvalue weighted by molar-refractivity contribution is 7.97. The Bertz CT molecular complexity index is 688. The van der Waals surface area contributed by atoms with Crippen LogP contribution >= 0.6 is 11.9 Å². The van der Waals surface area contributed by atoms with E-state index in [1.807, 2.05) is 18.0 Å². The molecule has 0 spiro atoms. The van der Waals surface area contributed by atoms with Gasteiger partial charge in [-0.05, 0) is 64.5 Å². The van der Waals surface area contributed by atoms with Gasteiger partial charge in [0, 0.05) is 50.0 Å². The Balaban J connectivity index is 1.15. The van der Waals surface area contributed by atoms with Crippen molar-refractivity contribution in [2.24, 2.45) is 5.92 Å². The summed E-state index contributed by atoms with van der Waals surface area (Å²) >= 11 is 2.01. The molecule has 2 saturated heterocycles. The van der Waals surface area contributed by atoms with Crippen molar-refractivity contribution >= 4 is 17.9 Å². The first-order valence-corrected chi connectivity index (χ1v) is 12.4. The molecule has 7 nitrogen and oxygen atoms in total. The highest BCUT2D eigenvalue weighted by Gasteiger charge is 2.31. The van der Waals surface area contributed by atoms with E-state index < -0.39 is 0 Å². The summed E-state index contributed by atoms with van der Waals surface area (Å²) in [6.45, 7) is 7.59. The molecule has 1 N–H and O–H groups in total. The van der Waals surface area contributed by atoms with E-state index in [2.05, 4.69) is 26.6 Å². The molecule has 4 rings (SSSR count). The first kappa shape index (κ1) is 22.1. The number of likely N-dealkylation sites (tertiary alicyclic amines) is 1. The molecule has 0 radical (unpaired) electrons. The Labute approximate surface area is 184 Å². The predicted octanol–water partition coefficient (Wildman–Crippen LogP) is 3.14. The van der Waals surface area contributed by atoms with Crippen molar-refractivity contribution in [3.8, 4) is 0 Å². The third-order valence-corrected chi connectivity index (χ3v) is 8.18. The van der Waals surface area contributed by atoms with Gasteiger partial charge in [-0.25, -0.2) is 4.31 Å². The van der Waals surface area contributed by atoms with Gasteiger partial charge < -0.3 is 19.5 Å². The van der Waals surface area contributed by atoms with Gasteiger partial charge in [-0.2, -0.15) is 0 Å². The first-order chi connectivity index (χ1) is 14.6. The lowest BCUT2D eigenvalue weighted by Crippen LogP contribution is -2.46. The number of hydrogen-bond donors (Lipinski definition) is 1. The van der Waals surface area contributed by atoms with Crippen LogP contribution in [-0.4, -0.2) is 78.0 Å². The van der Waals surface area contributed by atoms with E-state index in [0.29, 0.717) is 17.7 Å². The maximum atomic E-state index is 12.5. The van der Waals surface area contributed by atoms with E-state index >= 15 is 0 Å². The number of aromatic nitrogens is 1. The van der Waals surface area contributed by atoms with Crippen molar-refractivity contribution in [2.75, 3.05) is 45.6 Å². The second kappa shape index (κ2) is 10.5. The number of nitrogens with zero attached hydrogens (tertiary/aromatic N) is 3. The molecule has 1 aromatic rings. The number of methoxy groups -OCH3 is 1. The number of amides is 1. The molecule has 8 heteroatoms. The molecule has 1 aromatic heterocycles. The van der Waals surface area contributed by atoms with Gasteiger partial charge in [-0.1, -0.05) is 17.1 Å². The van der Waals surface area contributed by atoms with Crippen LogP contribution in [0.25, 0.3) is 0 Å². The van der Waals surface area contributed by atoms with Crippen LogP contribution in [0.2, 0.25) is 0 Å². The second-order valence-corrected chi connectivity index (χ2v) is 10.2. The van der Waals surface area contributed by atoms with Crippen molar-refractivity contribution in [1.29, 1.82) is 0 Å². The lowest BCUT2D eigenvalue weighted by molar-refractivity contribution is 0.0906. The minimum Gasteiger partial charge on any atom is -0.383 e. The van der Waals surface area contributed by atoms with Crippen LogP contribution in [0.3, 0.4) is 0 Å². The van der Waals surface area contributed by atoms with Crippen LogP contribution in [0.5, 0.6) is 0 Å². The summed E-state index contributed by atoms with van der Waals surface area (Å²) in [6.07, 6.45) is 6.86. The number of ether oxygens (including phenoxy) is 1. The minimum atomic E-state index is -0.0933. The molecule has 3 fully saturated rings. The Kier molecular flexibility index (Phi) is 7.73. The third kappa shape index (κ3) is 5.99. The largest absolute Gasteiger partial charge is 0.383 e. The third-order valence-electron chi connectivity index (χ3n) is 6.69. The number of hydrogen-bond acceptors (Lipinski definition) is 7. The molecule has 1 aliphatic carbocycles. The van der Waals surface area contributed by atoms with Crippen LogP contribution < -0.4 is 5.32 Å². The Hall–Kier alpha value is -1.09. The molecule has 2 aliphatic heterocycles. The monoisotopic (exact) mass is 436 g/mol. The van der Waals surface area contributed by atoms with Gasteiger partial charge in [0.25, 0.3) is 5.91 Å². The van der Waals surface area contributed by atoms with Crippen LogP contribution in [0.15, 0.2) is 10.6 Å². The van der Waals surface area contributed by atoms with Crippen molar-refractivity contribution in [3.63, 3.8) is 0 Å². The van der Waals surface area contributed by atoms with Gasteiger partial charge in [-0.3, -0.25) is 4.79 Å². The fraction of sp³-hybridized carbons (Fsp3) is 0.818. The zero-order chi connectivity index (χ0) is 20.9. The average Bonchev–Trinajstić information content (AvgIpc) is 3.48. The quantitative estimate of drug-likeness (QED) is 0.596. The van der Waals surface area contributed by atoms with E-state index in [9.17, 15) is 4.79 Å². The SMILES string of the molecule is COCCN1CCC(CSN2CCC(NC(=O)c3cc(C4CC4)on3)CC2C)CC1. The molecule has 1 saturated carbocycles. The Morgan fingerprint density at radius 3 is 2.77 bits per heavy atom. The highest BCUT2D eigenvalue weighted by atomic mass is 32.2. The van der Waals surface area contributed by atoms with E-state index in [1.165, 1.54) is 31.7 Å². The van der Waals surface area contributed by atoms with Gasteiger partial charge in [0.2, 0.25) is 0 Å². The van der Waals surface area contributed by atoms with E-state index in [1.54, 1.807) is 7.11 Å². The van der Waals surface area contributed by atoms with Crippen LogP contribution in [0, 0.1) is 5.92 Å². The standard InChI is InChI=1S/C22H36N4O3S/c1-16-13-19(23-22(27)20-14-21(29-24-20)18-3-4-18)7-10-26(16)30-15-17-5-8-25(9-6-17)11-12-28-2/h14,16-19H,3-13,15H2,1-2H3,(H,23,27). The summed E-state index contributed by atoms with van der Waals surface area (Å²) in [5, 5.41) is 7.14. The summed E-state index contributed by atoms with van der Waals surface area (Å²) < 4.78 is 13.0. The van der Waals surface area contributed by atoms with Crippen LogP contribution in [-0.2, 0) is 4.74 Å². The van der Waals surface area contributed by atoms with Crippen LogP contribution in [0.1, 0.15) is 67.6 Å². The normalized spacial score (nSPS) is 26.7. The zero-order valence-corrected chi connectivity index (χ0v) is 19.2. The van der Waals surface area contributed by atoms with E-state index in [-0.39, 0.29) is 11.9 Å². The van der Waals surface area contributed by atoms with E-state index in [4.69, 9.17) is 9.26 Å². The summed E-state index contributed by atoms with van der Waals surface area (Å²) in [6, 6.07) is 2.51. The summed E-state index contributed by atoms with van der Waals surface area (Å²) in [7, 11) is 1.78. The molecule has 0 aromatic carbocycles. The molecule has 2 unspecified atom stereocenters. The topological polar surface area (TPSA) is 70.8 Å². The number of carbonyl (C=O) groups is 1. The maximum absolute atomic E-state index is 12.5. The summed E-state index contributed by atoms with van der Waals surface area (Å²) in [5.74, 6) is 3.28. The Morgan fingerprint density at radius 1 is 1.27 bits per heavy atom. The molecule has 3 heterocycles. The van der Waals surface area contributed by atoms with Gasteiger partial charge in [0.15, 0.2) is 5.69 Å². The fourth-order valence-corrected chi connectivity index (χ4v) is 5.80. The van der Waals surface area contributed by atoms with Gasteiger partial charge >= 0.3 is 0 Å². The summed E-state index contributed by atoms with van der Waals surface area (Å²) in [5.41, 5.74) is 0.429. The molecule has 3 aliphatic rings. The molecule has 2 atom stereocenters. The molecular formula is C22H36N4O3S. The average molecular weight is 437 g/mol. The van der Waals surface area contributed by atoms with Gasteiger partial charge in [-0.15, -0.1) is 0 Å². The second-order valence-electron chi connectivity index (χ2n) is 9.15. The Morgan fingerprint density at radius 2 is 2.07 bits per heavy atom. The molecule has 0 bridgehead atoms. The summed E-state index contributed by atoms with van der Waals surface area (Å²) in [4.78, 5) is 15.0. The lowest BCUT2D eigenvalue weighted by Gasteiger charge is -2.38. The number of rotatable bonds is 9. The molecule has 168 valence electrons. The minimum absolute atomic E-state index is 0.0933.